The van der Waals surface area contributed by atoms with Gasteiger partial charge in [-0.3, -0.25) is 4.79 Å². The first-order valence-electron chi connectivity index (χ1n) is 4.02. The van der Waals surface area contributed by atoms with Gasteiger partial charge in [0.25, 0.3) is 0 Å². The molecule has 0 spiro atoms. The molecule has 0 aliphatic heterocycles. The van der Waals surface area contributed by atoms with Gasteiger partial charge in [0, 0.05) is 0 Å². The number of allylic oxidation sites excluding steroid dienone is 1. The molecule has 3 heteroatoms. The Morgan fingerprint density at radius 2 is 2.08 bits per heavy atom. The molecule has 0 aliphatic rings. The highest BCUT2D eigenvalue weighted by Gasteiger charge is 2.27. The van der Waals surface area contributed by atoms with Crippen LogP contribution in [-0.2, 0) is 4.79 Å². The van der Waals surface area contributed by atoms with Crippen molar-refractivity contribution in [1.29, 1.82) is 0 Å². The third-order valence-electron chi connectivity index (χ3n) is 1.83. The van der Waals surface area contributed by atoms with Crippen molar-refractivity contribution in [1.82, 2.24) is 0 Å². The molecule has 0 aromatic heterocycles. The van der Waals surface area contributed by atoms with Crippen molar-refractivity contribution in [2.45, 2.75) is 26.4 Å². The Balaban J connectivity index is 4.28. The number of carbonyl (C=O) groups is 1. The molecule has 0 radical (unpaired) electrons. The topological polar surface area (TPSA) is 57.5 Å². The number of aliphatic carboxylic acids is 1. The van der Waals surface area contributed by atoms with Gasteiger partial charge in [-0.05, 0) is 12.3 Å². The summed E-state index contributed by atoms with van der Waals surface area (Å²) < 4.78 is 0. The van der Waals surface area contributed by atoms with Crippen LogP contribution in [0.1, 0.15) is 20.3 Å². The summed E-state index contributed by atoms with van der Waals surface area (Å²) in [5.74, 6) is -1.72. The maximum atomic E-state index is 10.6. The first-order chi connectivity index (χ1) is 5.50. The van der Waals surface area contributed by atoms with Crippen molar-refractivity contribution in [2.75, 3.05) is 0 Å². The summed E-state index contributed by atoms with van der Waals surface area (Å²) in [6.07, 6.45) is 1.04. The van der Waals surface area contributed by atoms with E-state index in [-0.39, 0.29) is 5.92 Å². The van der Waals surface area contributed by atoms with Crippen LogP contribution < -0.4 is 0 Å². The van der Waals surface area contributed by atoms with E-state index in [1.54, 1.807) is 13.8 Å². The van der Waals surface area contributed by atoms with E-state index in [1.807, 2.05) is 0 Å². The van der Waals surface area contributed by atoms with Gasteiger partial charge in [0.15, 0.2) is 0 Å². The van der Waals surface area contributed by atoms with Gasteiger partial charge in [0.1, 0.15) is 0 Å². The average Bonchev–Trinajstić information content (AvgIpc) is 1.98. The van der Waals surface area contributed by atoms with Gasteiger partial charge >= 0.3 is 5.97 Å². The molecule has 2 N–H and O–H groups in total. The molecule has 2 atom stereocenters. The largest absolute Gasteiger partial charge is 0.481 e. The molecular weight excluding hydrogens is 156 g/mol. The second-order valence-electron chi connectivity index (χ2n) is 3.20. The second-order valence-corrected chi connectivity index (χ2v) is 3.20. The molecule has 70 valence electrons. The molecule has 0 rings (SSSR count). The van der Waals surface area contributed by atoms with E-state index in [2.05, 4.69) is 6.58 Å². The lowest BCUT2D eigenvalue weighted by Gasteiger charge is -2.20. The van der Waals surface area contributed by atoms with E-state index in [4.69, 9.17) is 5.11 Å². The van der Waals surface area contributed by atoms with Gasteiger partial charge in [-0.2, -0.15) is 0 Å². The van der Waals surface area contributed by atoms with E-state index >= 15 is 0 Å². The van der Waals surface area contributed by atoms with Gasteiger partial charge in [-0.1, -0.05) is 19.9 Å². The first-order valence-corrected chi connectivity index (χ1v) is 4.02. The molecule has 0 saturated heterocycles. The molecule has 0 aliphatic carbocycles. The van der Waals surface area contributed by atoms with E-state index in [1.165, 1.54) is 6.08 Å². The number of hydrogen-bond donors (Lipinski definition) is 2. The van der Waals surface area contributed by atoms with Crippen LogP contribution in [0.2, 0.25) is 0 Å². The highest BCUT2D eigenvalue weighted by molar-refractivity contribution is 5.70. The molecular formula is C9H16O3. The van der Waals surface area contributed by atoms with Crippen LogP contribution in [-0.4, -0.2) is 22.3 Å². The van der Waals surface area contributed by atoms with Gasteiger partial charge in [0.2, 0.25) is 0 Å². The third kappa shape index (κ3) is 3.05. The van der Waals surface area contributed by atoms with Crippen molar-refractivity contribution < 1.29 is 15.0 Å². The zero-order valence-corrected chi connectivity index (χ0v) is 7.53. The summed E-state index contributed by atoms with van der Waals surface area (Å²) in [6.45, 7) is 7.04. The molecule has 0 bridgehead atoms. The van der Waals surface area contributed by atoms with Crippen LogP contribution in [0.15, 0.2) is 12.7 Å². The Morgan fingerprint density at radius 1 is 1.58 bits per heavy atom. The van der Waals surface area contributed by atoms with Crippen LogP contribution in [0, 0.1) is 11.8 Å². The lowest BCUT2D eigenvalue weighted by atomic mass is 9.91. The van der Waals surface area contributed by atoms with Crippen molar-refractivity contribution in [3.05, 3.63) is 12.7 Å². The Morgan fingerprint density at radius 3 is 2.33 bits per heavy atom. The van der Waals surface area contributed by atoms with Crippen molar-refractivity contribution in [2.24, 2.45) is 11.8 Å². The summed E-state index contributed by atoms with van der Waals surface area (Å²) in [5.41, 5.74) is 0. The normalized spacial score (nSPS) is 15.7. The standard InChI is InChI=1S/C9H16O3/c1-4-5-7(9(11)12)8(10)6(2)3/h4,6-8,10H,1,5H2,2-3H3,(H,11,12). The predicted molar refractivity (Wildman–Crippen MR) is 46.8 cm³/mol. The van der Waals surface area contributed by atoms with Crippen molar-refractivity contribution in [3.8, 4) is 0 Å². The highest BCUT2D eigenvalue weighted by atomic mass is 16.4. The zero-order chi connectivity index (χ0) is 9.72. The number of carboxylic acid groups (broad SMARTS) is 1. The van der Waals surface area contributed by atoms with Gasteiger partial charge in [-0.25, -0.2) is 0 Å². The Bertz CT molecular complexity index is 163. The number of rotatable bonds is 5. The van der Waals surface area contributed by atoms with Crippen molar-refractivity contribution in [3.63, 3.8) is 0 Å². The second kappa shape index (κ2) is 4.93. The monoisotopic (exact) mass is 172 g/mol. The van der Waals surface area contributed by atoms with Crippen LogP contribution in [0.4, 0.5) is 0 Å². The minimum absolute atomic E-state index is 0.0361. The molecule has 0 saturated carbocycles. The smallest absolute Gasteiger partial charge is 0.309 e. The molecule has 12 heavy (non-hydrogen) atoms. The van der Waals surface area contributed by atoms with Gasteiger partial charge in [0.05, 0.1) is 12.0 Å². The maximum Gasteiger partial charge on any atom is 0.309 e. The molecule has 0 amide bonds. The van der Waals surface area contributed by atoms with Crippen LogP contribution in [0.5, 0.6) is 0 Å². The Hall–Kier alpha value is -0.830. The zero-order valence-electron chi connectivity index (χ0n) is 7.53. The summed E-state index contributed by atoms with van der Waals surface area (Å²) in [6, 6.07) is 0. The molecule has 2 unspecified atom stereocenters. The van der Waals surface area contributed by atoms with E-state index < -0.39 is 18.0 Å². The SMILES string of the molecule is C=CCC(C(=O)O)C(O)C(C)C. The summed E-state index contributed by atoms with van der Waals surface area (Å²) in [5, 5.41) is 18.2. The molecule has 0 aromatic carbocycles. The van der Waals surface area contributed by atoms with Gasteiger partial charge in [-0.15, -0.1) is 6.58 Å². The molecule has 0 heterocycles. The lowest BCUT2D eigenvalue weighted by molar-refractivity contribution is -0.146. The average molecular weight is 172 g/mol. The molecule has 3 nitrogen and oxygen atoms in total. The van der Waals surface area contributed by atoms with E-state index in [9.17, 15) is 9.90 Å². The summed E-state index contributed by atoms with van der Waals surface area (Å²) >= 11 is 0. The minimum Gasteiger partial charge on any atom is -0.481 e. The predicted octanol–water partition coefficient (Wildman–Crippen LogP) is 1.28. The fourth-order valence-corrected chi connectivity index (χ4v) is 1.03. The quantitative estimate of drug-likeness (QED) is 0.614. The minimum atomic E-state index is -0.962. The maximum absolute atomic E-state index is 10.6. The van der Waals surface area contributed by atoms with Crippen molar-refractivity contribution >= 4 is 5.97 Å². The van der Waals surface area contributed by atoms with Crippen LogP contribution in [0.25, 0.3) is 0 Å². The van der Waals surface area contributed by atoms with Crippen LogP contribution in [0.3, 0.4) is 0 Å². The summed E-state index contributed by atoms with van der Waals surface area (Å²) in [4.78, 5) is 10.6. The number of aliphatic hydroxyl groups is 1. The number of hydrogen-bond acceptors (Lipinski definition) is 2. The van der Waals surface area contributed by atoms with E-state index in [0.29, 0.717) is 6.42 Å². The van der Waals surface area contributed by atoms with Gasteiger partial charge < -0.3 is 10.2 Å². The lowest BCUT2D eigenvalue weighted by Crippen LogP contribution is -2.31. The fourth-order valence-electron chi connectivity index (χ4n) is 1.03. The van der Waals surface area contributed by atoms with Crippen LogP contribution >= 0.6 is 0 Å². The Labute approximate surface area is 72.7 Å². The number of aliphatic hydroxyl groups excluding tert-OH is 1. The fraction of sp³-hybridized carbons (Fsp3) is 0.667. The number of carboxylic acids is 1. The first kappa shape index (κ1) is 11.2. The molecule has 0 fully saturated rings. The third-order valence-corrected chi connectivity index (χ3v) is 1.83. The summed E-state index contributed by atoms with van der Waals surface area (Å²) in [7, 11) is 0. The Kier molecular flexibility index (Phi) is 4.59. The highest BCUT2D eigenvalue weighted by Crippen LogP contribution is 2.16. The molecule has 0 aromatic rings. The van der Waals surface area contributed by atoms with E-state index in [0.717, 1.165) is 0 Å².